The molecule has 21 heavy (non-hydrogen) atoms. The second-order valence-electron chi connectivity index (χ2n) is 5.18. The van der Waals surface area contributed by atoms with Crippen molar-refractivity contribution in [2.45, 2.75) is 18.9 Å². The van der Waals surface area contributed by atoms with Crippen molar-refractivity contribution < 1.29 is 14.5 Å². The second-order valence-corrected chi connectivity index (χ2v) is 5.58. The van der Waals surface area contributed by atoms with Crippen LogP contribution in [0.3, 0.4) is 0 Å². The number of hydrogen-bond donors (Lipinski definition) is 2. The van der Waals surface area contributed by atoms with Crippen molar-refractivity contribution in [2.24, 2.45) is 0 Å². The zero-order chi connectivity index (χ0) is 15.6. The fraction of sp³-hybridized carbons (Fsp3) is 0.462. The fourth-order valence-electron chi connectivity index (χ4n) is 2.23. The highest BCUT2D eigenvalue weighted by Gasteiger charge is 2.32. The van der Waals surface area contributed by atoms with E-state index in [-0.39, 0.29) is 22.0 Å². The van der Waals surface area contributed by atoms with Gasteiger partial charge in [0.2, 0.25) is 0 Å². The van der Waals surface area contributed by atoms with E-state index >= 15 is 0 Å². The van der Waals surface area contributed by atoms with Crippen LogP contribution in [-0.4, -0.2) is 36.6 Å². The number of hydrogen-bond acceptors (Lipinski definition) is 5. The van der Waals surface area contributed by atoms with Crippen molar-refractivity contribution in [1.82, 2.24) is 5.32 Å². The standard InChI is InChI=1S/C13H16ClN3O4/c1-13(3-4-21-7-13)16-12(18)8-5-9(14)11(15-2)10(6-8)17(19)20/h5-6,15H,3-4,7H2,1-2H3,(H,16,18). The first-order valence-electron chi connectivity index (χ1n) is 6.42. The summed E-state index contributed by atoms with van der Waals surface area (Å²) < 4.78 is 5.26. The molecule has 1 atom stereocenters. The Morgan fingerprint density at radius 1 is 1.52 bits per heavy atom. The van der Waals surface area contributed by atoms with E-state index in [9.17, 15) is 14.9 Å². The zero-order valence-electron chi connectivity index (χ0n) is 11.7. The van der Waals surface area contributed by atoms with E-state index in [0.717, 1.165) is 0 Å². The van der Waals surface area contributed by atoms with Gasteiger partial charge >= 0.3 is 0 Å². The first-order chi connectivity index (χ1) is 9.86. The molecule has 8 heteroatoms. The summed E-state index contributed by atoms with van der Waals surface area (Å²) in [5, 5.41) is 16.7. The summed E-state index contributed by atoms with van der Waals surface area (Å²) in [5.41, 5.74) is -0.351. The number of nitro benzene ring substituents is 1. The van der Waals surface area contributed by atoms with Gasteiger partial charge in [0.15, 0.2) is 0 Å². The number of nitrogens with one attached hydrogen (secondary N) is 2. The van der Waals surface area contributed by atoms with Crippen molar-refractivity contribution in [3.63, 3.8) is 0 Å². The van der Waals surface area contributed by atoms with Gasteiger partial charge in [-0.05, 0) is 19.4 Å². The summed E-state index contributed by atoms with van der Waals surface area (Å²) in [6.07, 6.45) is 0.698. The topological polar surface area (TPSA) is 93.5 Å². The quantitative estimate of drug-likeness (QED) is 0.656. The molecule has 114 valence electrons. The van der Waals surface area contributed by atoms with Gasteiger partial charge < -0.3 is 15.4 Å². The molecular weight excluding hydrogens is 298 g/mol. The Balaban J connectivity index is 2.31. The van der Waals surface area contributed by atoms with Gasteiger partial charge in [0.25, 0.3) is 11.6 Å². The van der Waals surface area contributed by atoms with Gasteiger partial charge in [0.1, 0.15) is 5.69 Å². The lowest BCUT2D eigenvalue weighted by Crippen LogP contribution is -2.46. The van der Waals surface area contributed by atoms with Gasteiger partial charge in [0, 0.05) is 25.3 Å². The van der Waals surface area contributed by atoms with Gasteiger partial charge in [-0.1, -0.05) is 11.6 Å². The van der Waals surface area contributed by atoms with Crippen LogP contribution in [0, 0.1) is 10.1 Å². The highest BCUT2D eigenvalue weighted by molar-refractivity contribution is 6.34. The number of ether oxygens (including phenoxy) is 1. The van der Waals surface area contributed by atoms with E-state index in [1.54, 1.807) is 0 Å². The van der Waals surface area contributed by atoms with Gasteiger partial charge in [0.05, 0.1) is 22.1 Å². The Bertz CT molecular complexity index is 585. The number of halogens is 1. The third-order valence-corrected chi connectivity index (χ3v) is 3.71. The molecule has 1 aromatic rings. The van der Waals surface area contributed by atoms with Crippen LogP contribution in [0.25, 0.3) is 0 Å². The number of nitrogens with zero attached hydrogens (tertiary/aromatic N) is 1. The van der Waals surface area contributed by atoms with Crippen molar-refractivity contribution in [3.05, 3.63) is 32.8 Å². The van der Waals surface area contributed by atoms with Gasteiger partial charge in [-0.3, -0.25) is 14.9 Å². The Morgan fingerprint density at radius 3 is 2.76 bits per heavy atom. The van der Waals surface area contributed by atoms with Crippen molar-refractivity contribution in [2.75, 3.05) is 25.6 Å². The van der Waals surface area contributed by atoms with Crippen LogP contribution in [0.4, 0.5) is 11.4 Å². The van der Waals surface area contributed by atoms with E-state index in [0.29, 0.717) is 19.6 Å². The molecule has 0 radical (unpaired) electrons. The van der Waals surface area contributed by atoms with Crippen LogP contribution in [0.5, 0.6) is 0 Å². The number of amides is 1. The molecule has 1 saturated heterocycles. The lowest BCUT2D eigenvalue weighted by atomic mass is 10.0. The summed E-state index contributed by atoms with van der Waals surface area (Å²) >= 11 is 6.00. The maximum absolute atomic E-state index is 12.3. The van der Waals surface area contributed by atoms with Gasteiger partial charge in [-0.2, -0.15) is 0 Å². The summed E-state index contributed by atoms with van der Waals surface area (Å²) in [6.45, 7) is 2.87. The van der Waals surface area contributed by atoms with Crippen LogP contribution in [-0.2, 0) is 4.74 Å². The molecule has 1 aromatic carbocycles. The molecule has 0 spiro atoms. The van der Waals surface area contributed by atoms with E-state index in [2.05, 4.69) is 10.6 Å². The molecule has 7 nitrogen and oxygen atoms in total. The first kappa shape index (κ1) is 15.5. The largest absolute Gasteiger partial charge is 0.381 e. The van der Waals surface area contributed by atoms with E-state index in [1.807, 2.05) is 6.92 Å². The molecule has 0 saturated carbocycles. The summed E-state index contributed by atoms with van der Waals surface area (Å²) in [5.74, 6) is -0.407. The van der Waals surface area contributed by atoms with Crippen molar-refractivity contribution in [3.8, 4) is 0 Å². The average molecular weight is 314 g/mol. The predicted octanol–water partition coefficient (Wildman–Crippen LogP) is 2.20. The molecular formula is C13H16ClN3O4. The number of carbonyl (C=O) groups is 1. The van der Waals surface area contributed by atoms with Crippen molar-refractivity contribution in [1.29, 1.82) is 0 Å². The van der Waals surface area contributed by atoms with Crippen molar-refractivity contribution >= 4 is 28.9 Å². The molecule has 0 bridgehead atoms. The minimum atomic E-state index is -0.575. The maximum Gasteiger partial charge on any atom is 0.294 e. The molecule has 0 aromatic heterocycles. The summed E-state index contributed by atoms with van der Waals surface area (Å²) in [6, 6.07) is 2.63. The average Bonchev–Trinajstić information content (AvgIpc) is 2.84. The minimum Gasteiger partial charge on any atom is -0.381 e. The lowest BCUT2D eigenvalue weighted by molar-refractivity contribution is -0.383. The highest BCUT2D eigenvalue weighted by Crippen LogP contribution is 2.33. The Hall–Kier alpha value is -1.86. The van der Waals surface area contributed by atoms with E-state index < -0.39 is 16.4 Å². The number of anilines is 1. The Kier molecular flexibility index (Phi) is 4.34. The molecule has 1 aliphatic rings. The predicted molar refractivity (Wildman–Crippen MR) is 79.0 cm³/mol. The van der Waals surface area contributed by atoms with Crippen LogP contribution in [0.1, 0.15) is 23.7 Å². The fourth-order valence-corrected chi connectivity index (χ4v) is 2.54. The maximum atomic E-state index is 12.3. The van der Waals surface area contributed by atoms with Crippen LogP contribution < -0.4 is 10.6 Å². The number of rotatable bonds is 4. The highest BCUT2D eigenvalue weighted by atomic mass is 35.5. The van der Waals surface area contributed by atoms with Gasteiger partial charge in [-0.15, -0.1) is 0 Å². The second kappa shape index (κ2) is 5.87. The van der Waals surface area contributed by atoms with Gasteiger partial charge in [-0.25, -0.2) is 0 Å². The first-order valence-corrected chi connectivity index (χ1v) is 6.80. The number of benzene rings is 1. The van der Waals surface area contributed by atoms with Crippen LogP contribution >= 0.6 is 11.6 Å². The van der Waals surface area contributed by atoms with Crippen LogP contribution in [0.15, 0.2) is 12.1 Å². The van der Waals surface area contributed by atoms with Crippen LogP contribution in [0.2, 0.25) is 5.02 Å². The van der Waals surface area contributed by atoms with E-state index in [1.165, 1.54) is 19.2 Å². The molecule has 1 heterocycles. The Labute approximate surface area is 126 Å². The zero-order valence-corrected chi connectivity index (χ0v) is 12.5. The molecule has 1 unspecified atom stereocenters. The molecule has 0 aliphatic carbocycles. The summed E-state index contributed by atoms with van der Waals surface area (Å²) in [7, 11) is 1.53. The summed E-state index contributed by atoms with van der Waals surface area (Å²) in [4.78, 5) is 22.8. The SMILES string of the molecule is CNc1c(Cl)cc(C(=O)NC2(C)CCOC2)cc1[N+](=O)[O-]. The molecule has 2 rings (SSSR count). The number of nitro groups is 1. The third-order valence-electron chi connectivity index (χ3n) is 3.41. The monoisotopic (exact) mass is 313 g/mol. The lowest BCUT2D eigenvalue weighted by Gasteiger charge is -2.23. The third kappa shape index (κ3) is 3.25. The Morgan fingerprint density at radius 2 is 2.24 bits per heavy atom. The molecule has 1 fully saturated rings. The molecule has 1 aliphatic heterocycles. The normalized spacial score (nSPS) is 21.1. The minimum absolute atomic E-state index is 0.129. The smallest absolute Gasteiger partial charge is 0.294 e. The molecule has 1 amide bonds. The number of carbonyl (C=O) groups excluding carboxylic acids is 1. The molecule has 2 N–H and O–H groups in total. The van der Waals surface area contributed by atoms with E-state index in [4.69, 9.17) is 16.3 Å².